The summed E-state index contributed by atoms with van der Waals surface area (Å²) in [5.41, 5.74) is 3.43. The van der Waals surface area contributed by atoms with E-state index in [-0.39, 0.29) is 23.2 Å². The second-order valence-electron chi connectivity index (χ2n) is 8.88. The molecule has 0 N–H and O–H groups in total. The van der Waals surface area contributed by atoms with Crippen LogP contribution in [0, 0.1) is 12.8 Å². The summed E-state index contributed by atoms with van der Waals surface area (Å²) in [5, 5.41) is 1.23. The lowest BCUT2D eigenvalue weighted by molar-refractivity contribution is 0.00200. The molecule has 0 amide bonds. The first-order chi connectivity index (χ1) is 16.4. The number of hydrogen-bond acceptors (Lipinski definition) is 6. The van der Waals surface area contributed by atoms with Crippen molar-refractivity contribution in [3.05, 3.63) is 86.5 Å². The summed E-state index contributed by atoms with van der Waals surface area (Å²) in [6.07, 6.45) is 0.811. The number of thioether (sulfide) groups is 1. The monoisotopic (exact) mass is 490 g/mol. The second kappa shape index (κ2) is 9.49. The van der Waals surface area contributed by atoms with Crippen molar-refractivity contribution in [3.63, 3.8) is 0 Å². The zero-order valence-electron chi connectivity index (χ0n) is 19.4. The number of rotatable bonds is 6. The molecule has 0 spiro atoms. The van der Waals surface area contributed by atoms with Crippen LogP contribution in [0.4, 0.5) is 0 Å². The highest BCUT2D eigenvalue weighted by Crippen LogP contribution is 2.36. The van der Waals surface area contributed by atoms with Crippen LogP contribution in [0.15, 0.2) is 64.5 Å². The van der Waals surface area contributed by atoms with Crippen LogP contribution in [0.1, 0.15) is 40.2 Å². The molecule has 0 saturated heterocycles. The van der Waals surface area contributed by atoms with Gasteiger partial charge in [0.2, 0.25) is 0 Å². The Balaban J connectivity index is 1.63. The van der Waals surface area contributed by atoms with E-state index in [2.05, 4.69) is 13.8 Å². The van der Waals surface area contributed by atoms with E-state index >= 15 is 0 Å². The molecule has 2 aromatic heterocycles. The summed E-state index contributed by atoms with van der Waals surface area (Å²) in [5.74, 6) is 0.584. The first-order valence-electron chi connectivity index (χ1n) is 11.4. The Morgan fingerprint density at radius 3 is 2.65 bits per heavy atom. The van der Waals surface area contributed by atoms with Gasteiger partial charge < -0.3 is 4.74 Å². The third-order valence-corrected chi connectivity index (χ3v) is 8.28. The number of ketones is 1. The third-order valence-electron chi connectivity index (χ3n) is 6.24. The van der Waals surface area contributed by atoms with Crippen molar-refractivity contribution < 1.29 is 9.53 Å². The predicted octanol–water partition coefficient (Wildman–Crippen LogP) is 5.83. The summed E-state index contributed by atoms with van der Waals surface area (Å²) in [7, 11) is 0. The summed E-state index contributed by atoms with van der Waals surface area (Å²) in [4.78, 5) is 33.5. The van der Waals surface area contributed by atoms with Gasteiger partial charge in [-0.25, -0.2) is 4.98 Å². The number of fused-ring (bicyclic) bond motifs is 3. The quantitative estimate of drug-likeness (QED) is 0.193. The minimum atomic E-state index is -0.0733. The fourth-order valence-corrected chi connectivity index (χ4v) is 6.36. The number of thiophene rings is 1. The van der Waals surface area contributed by atoms with Crippen LogP contribution in [0.5, 0.6) is 0 Å². The standard InChI is InChI=1S/C27H26N2O3S2/c1-16(2)22-13-19-23(14-32-22)34-25-24(19)26(31)29(20-12-8-7-9-17(20)3)27(28-25)33-15-21(30)18-10-5-4-6-11-18/h4-12,16,22H,13-15H2,1-3H3/t22-/m1/s1. The van der Waals surface area contributed by atoms with Gasteiger partial charge in [0.15, 0.2) is 10.9 Å². The van der Waals surface area contributed by atoms with E-state index in [1.165, 1.54) is 23.1 Å². The second-order valence-corrected chi connectivity index (χ2v) is 10.9. The average molecular weight is 491 g/mol. The normalized spacial score (nSPS) is 15.6. The maximum absolute atomic E-state index is 14.0. The van der Waals surface area contributed by atoms with Crippen molar-refractivity contribution in [3.8, 4) is 5.69 Å². The first kappa shape index (κ1) is 23.0. The van der Waals surface area contributed by atoms with E-state index < -0.39 is 0 Å². The minimum Gasteiger partial charge on any atom is -0.372 e. The molecule has 174 valence electrons. The molecule has 1 aliphatic heterocycles. The van der Waals surface area contributed by atoms with Crippen LogP contribution in [-0.4, -0.2) is 27.2 Å². The van der Waals surface area contributed by atoms with Crippen LogP contribution in [0.3, 0.4) is 0 Å². The van der Waals surface area contributed by atoms with Gasteiger partial charge in [0.05, 0.1) is 29.5 Å². The summed E-state index contributed by atoms with van der Waals surface area (Å²) < 4.78 is 7.74. The molecule has 5 rings (SSSR count). The van der Waals surface area contributed by atoms with Gasteiger partial charge in [-0.05, 0) is 30.0 Å². The van der Waals surface area contributed by atoms with Gasteiger partial charge in [-0.1, -0.05) is 74.1 Å². The van der Waals surface area contributed by atoms with E-state index in [0.29, 0.717) is 28.6 Å². The molecular formula is C27H26N2O3S2. The highest BCUT2D eigenvalue weighted by atomic mass is 32.2. The molecule has 0 radical (unpaired) electrons. The lowest BCUT2D eigenvalue weighted by Crippen LogP contribution is -2.28. The van der Waals surface area contributed by atoms with Gasteiger partial charge in [0.25, 0.3) is 5.56 Å². The Labute approximate surface area is 206 Å². The van der Waals surface area contributed by atoms with Crippen LogP contribution < -0.4 is 5.56 Å². The first-order valence-corrected chi connectivity index (χ1v) is 13.2. The van der Waals surface area contributed by atoms with Crippen molar-refractivity contribution in [2.45, 2.75) is 45.1 Å². The molecule has 1 atom stereocenters. The molecule has 0 aliphatic carbocycles. The van der Waals surface area contributed by atoms with Crippen LogP contribution >= 0.6 is 23.1 Å². The average Bonchev–Trinajstić information content (AvgIpc) is 3.21. The molecule has 0 unspecified atom stereocenters. The topological polar surface area (TPSA) is 61.2 Å². The number of aromatic nitrogens is 2. The summed E-state index contributed by atoms with van der Waals surface area (Å²) in [6, 6.07) is 17.0. The van der Waals surface area contributed by atoms with E-state index in [4.69, 9.17) is 9.72 Å². The maximum Gasteiger partial charge on any atom is 0.267 e. The van der Waals surface area contributed by atoms with Gasteiger partial charge in [-0.3, -0.25) is 14.2 Å². The Morgan fingerprint density at radius 2 is 1.91 bits per heavy atom. The number of Topliss-reactive ketones (excluding diaryl/α,β-unsaturated/α-hetero) is 1. The Kier molecular flexibility index (Phi) is 6.42. The van der Waals surface area contributed by atoms with Gasteiger partial charge >= 0.3 is 0 Å². The zero-order chi connectivity index (χ0) is 23.8. The molecule has 1 aliphatic rings. The predicted molar refractivity (Wildman–Crippen MR) is 139 cm³/mol. The Hall–Kier alpha value is -2.74. The lowest BCUT2D eigenvalue weighted by Gasteiger charge is -2.26. The zero-order valence-corrected chi connectivity index (χ0v) is 21.0. The largest absolute Gasteiger partial charge is 0.372 e. The van der Waals surface area contributed by atoms with Gasteiger partial charge in [-0.2, -0.15) is 0 Å². The molecule has 34 heavy (non-hydrogen) atoms. The van der Waals surface area contributed by atoms with Crippen LogP contribution in [0.2, 0.25) is 0 Å². The maximum atomic E-state index is 14.0. The molecule has 7 heteroatoms. The molecule has 2 aromatic carbocycles. The van der Waals surface area contributed by atoms with Crippen molar-refractivity contribution in [1.82, 2.24) is 9.55 Å². The highest BCUT2D eigenvalue weighted by Gasteiger charge is 2.29. The number of benzene rings is 2. The third kappa shape index (κ3) is 4.24. The fraction of sp³-hybridized carbons (Fsp3) is 0.296. The van der Waals surface area contributed by atoms with E-state index in [1.54, 1.807) is 4.57 Å². The number of hydrogen-bond donors (Lipinski definition) is 0. The fourth-order valence-electron chi connectivity index (χ4n) is 4.30. The number of para-hydroxylation sites is 1. The number of ether oxygens (including phenoxy) is 1. The number of carbonyl (C=O) groups is 1. The van der Waals surface area contributed by atoms with E-state index in [1.807, 2.05) is 61.5 Å². The van der Waals surface area contributed by atoms with Crippen LogP contribution in [0.25, 0.3) is 15.9 Å². The van der Waals surface area contributed by atoms with Gasteiger partial charge in [0, 0.05) is 16.9 Å². The van der Waals surface area contributed by atoms with Gasteiger partial charge in [-0.15, -0.1) is 11.3 Å². The molecule has 0 fully saturated rings. The summed E-state index contributed by atoms with van der Waals surface area (Å²) in [6.45, 7) is 6.79. The van der Waals surface area contributed by atoms with Crippen molar-refractivity contribution in [2.75, 3.05) is 5.75 Å². The lowest BCUT2D eigenvalue weighted by atomic mass is 9.96. The number of aryl methyl sites for hydroxylation is 1. The van der Waals surface area contributed by atoms with Crippen LogP contribution in [-0.2, 0) is 17.8 Å². The van der Waals surface area contributed by atoms with Crippen molar-refractivity contribution in [1.29, 1.82) is 0 Å². The number of nitrogens with zero attached hydrogens (tertiary/aromatic N) is 2. The molecule has 0 bridgehead atoms. The molecule has 4 aromatic rings. The minimum absolute atomic E-state index is 0.00919. The highest BCUT2D eigenvalue weighted by molar-refractivity contribution is 7.99. The SMILES string of the molecule is Cc1ccccc1-n1c(SCC(=O)c2ccccc2)nc2sc3c(c2c1=O)C[C@H](C(C)C)OC3. The smallest absolute Gasteiger partial charge is 0.267 e. The van der Waals surface area contributed by atoms with Gasteiger partial charge in [0.1, 0.15) is 4.83 Å². The molecular weight excluding hydrogens is 464 g/mol. The Bertz CT molecular complexity index is 1420. The summed E-state index contributed by atoms with van der Waals surface area (Å²) >= 11 is 2.84. The van der Waals surface area contributed by atoms with Crippen molar-refractivity contribution >= 4 is 39.1 Å². The van der Waals surface area contributed by atoms with E-state index in [0.717, 1.165) is 32.9 Å². The molecule has 0 saturated carbocycles. The van der Waals surface area contributed by atoms with E-state index in [9.17, 15) is 9.59 Å². The Morgan fingerprint density at radius 1 is 1.18 bits per heavy atom. The molecule has 3 heterocycles. The number of carbonyl (C=O) groups excluding carboxylic acids is 1. The molecule has 5 nitrogen and oxygen atoms in total. The van der Waals surface area contributed by atoms with Crippen molar-refractivity contribution in [2.24, 2.45) is 5.92 Å².